The van der Waals surface area contributed by atoms with Crippen molar-refractivity contribution in [2.45, 2.75) is 26.8 Å². The van der Waals surface area contributed by atoms with Crippen molar-refractivity contribution in [3.63, 3.8) is 0 Å². The molecule has 0 aliphatic carbocycles. The van der Waals surface area contributed by atoms with E-state index in [1.807, 2.05) is 26.5 Å². The van der Waals surface area contributed by atoms with Gasteiger partial charge in [-0.2, -0.15) is 5.26 Å². The Morgan fingerprint density at radius 3 is 2.08 bits per heavy atom. The average molecular weight is 203 g/mol. The molecular formula is C8H17NO3Si. The number of hydrogen-bond acceptors (Lipinski definition) is 4. The number of rotatable bonds is 7. The highest BCUT2D eigenvalue weighted by molar-refractivity contribution is 6.59. The van der Waals surface area contributed by atoms with Crippen molar-refractivity contribution in [3.05, 3.63) is 0 Å². The third-order valence-corrected chi connectivity index (χ3v) is 3.75. The molecule has 0 aromatic rings. The minimum absolute atomic E-state index is 0.378. The Bertz CT molecular complexity index is 163. The molecule has 0 bridgehead atoms. The maximum Gasteiger partial charge on any atom is 0.497 e. The predicted octanol–water partition coefficient (Wildman–Crippen LogP) is 1.56. The summed E-state index contributed by atoms with van der Waals surface area (Å²) in [6.07, 6.45) is 0.378. The van der Waals surface area contributed by atoms with E-state index in [4.69, 9.17) is 18.5 Å². The highest BCUT2D eigenvalue weighted by Crippen LogP contribution is 2.09. The van der Waals surface area contributed by atoms with Gasteiger partial charge in [0.2, 0.25) is 0 Å². The van der Waals surface area contributed by atoms with Gasteiger partial charge in [0.25, 0.3) is 0 Å². The number of nitriles is 1. The van der Waals surface area contributed by atoms with Crippen LogP contribution in [-0.2, 0) is 13.3 Å². The zero-order chi connectivity index (χ0) is 10.2. The van der Waals surface area contributed by atoms with Gasteiger partial charge in [-0.25, -0.2) is 0 Å². The van der Waals surface area contributed by atoms with Crippen molar-refractivity contribution in [2.24, 2.45) is 0 Å². The van der Waals surface area contributed by atoms with E-state index in [0.717, 1.165) is 0 Å². The van der Waals surface area contributed by atoms with E-state index in [2.05, 4.69) is 0 Å². The third kappa shape index (κ3) is 5.77. The normalized spacial score (nSPS) is 11.2. The molecule has 0 fully saturated rings. The van der Waals surface area contributed by atoms with Gasteiger partial charge in [-0.15, -0.1) is 0 Å². The van der Waals surface area contributed by atoms with Crippen molar-refractivity contribution in [2.75, 3.05) is 19.8 Å². The summed E-state index contributed by atoms with van der Waals surface area (Å²) in [5.74, 6) is 0. The van der Waals surface area contributed by atoms with E-state index in [9.17, 15) is 0 Å². The second kappa shape index (κ2) is 7.03. The van der Waals surface area contributed by atoms with Crippen molar-refractivity contribution < 1.29 is 13.3 Å². The summed E-state index contributed by atoms with van der Waals surface area (Å²) in [7, 11) is -2.44. The lowest BCUT2D eigenvalue weighted by atomic mass is 10.5. The van der Waals surface area contributed by atoms with Crippen LogP contribution in [0, 0.1) is 11.3 Å². The lowest BCUT2D eigenvalue weighted by Crippen LogP contribution is -2.42. The Balaban J connectivity index is 3.85. The lowest BCUT2D eigenvalue weighted by molar-refractivity contribution is 0.0756. The van der Waals surface area contributed by atoms with Crippen molar-refractivity contribution in [3.8, 4) is 6.07 Å². The molecule has 0 N–H and O–H groups in total. The molecule has 0 unspecified atom stereocenters. The topological polar surface area (TPSA) is 51.5 Å². The van der Waals surface area contributed by atoms with Crippen LogP contribution in [0.2, 0.25) is 6.55 Å². The quantitative estimate of drug-likeness (QED) is 0.465. The summed E-state index contributed by atoms with van der Waals surface area (Å²) >= 11 is 0. The van der Waals surface area contributed by atoms with Gasteiger partial charge in [-0.1, -0.05) is 0 Å². The molecule has 0 atom stereocenters. The molecule has 0 saturated carbocycles. The van der Waals surface area contributed by atoms with Crippen molar-refractivity contribution in [1.82, 2.24) is 0 Å². The monoisotopic (exact) mass is 203 g/mol. The Morgan fingerprint density at radius 2 is 1.69 bits per heavy atom. The molecule has 0 aliphatic heterocycles. The van der Waals surface area contributed by atoms with Gasteiger partial charge in [0.05, 0.1) is 19.1 Å². The van der Waals surface area contributed by atoms with Crippen LogP contribution < -0.4 is 0 Å². The molecule has 0 aliphatic rings. The number of nitrogens with zero attached hydrogens (tertiary/aromatic N) is 1. The molecule has 0 radical (unpaired) electrons. The summed E-state index contributed by atoms with van der Waals surface area (Å²) in [6.45, 7) is 7.19. The SMILES string of the molecule is CCO[Si](C)(OCC)OCCC#N. The maximum atomic E-state index is 8.33. The summed E-state index contributed by atoms with van der Waals surface area (Å²) in [6, 6.07) is 2.01. The van der Waals surface area contributed by atoms with E-state index in [1.54, 1.807) is 0 Å². The second-order valence-electron chi connectivity index (χ2n) is 2.48. The first kappa shape index (κ1) is 12.6. The van der Waals surface area contributed by atoms with E-state index in [0.29, 0.717) is 26.2 Å². The van der Waals surface area contributed by atoms with Crippen LogP contribution in [0.25, 0.3) is 0 Å². The second-order valence-corrected chi connectivity index (χ2v) is 5.08. The van der Waals surface area contributed by atoms with Gasteiger partial charge in [-0.05, 0) is 13.8 Å². The Morgan fingerprint density at radius 1 is 1.15 bits per heavy atom. The fourth-order valence-corrected chi connectivity index (χ4v) is 2.70. The fraction of sp³-hybridized carbons (Fsp3) is 0.875. The first-order chi connectivity index (χ1) is 6.18. The standard InChI is InChI=1S/C8H17NO3Si/c1-4-10-13(3,11-5-2)12-8-6-7-9/h4-6,8H2,1-3H3. The largest absolute Gasteiger partial charge is 0.497 e. The van der Waals surface area contributed by atoms with Crippen LogP contribution in [0.5, 0.6) is 0 Å². The first-order valence-corrected chi connectivity index (χ1v) is 6.69. The Hall–Kier alpha value is -0.413. The molecular weight excluding hydrogens is 186 g/mol. The van der Waals surface area contributed by atoms with Gasteiger partial charge in [0.1, 0.15) is 0 Å². The molecule has 0 saturated heterocycles. The van der Waals surface area contributed by atoms with Crippen LogP contribution in [-0.4, -0.2) is 28.6 Å². The molecule has 76 valence electrons. The minimum Gasteiger partial charge on any atom is -0.374 e. The van der Waals surface area contributed by atoms with Gasteiger partial charge in [-0.3, -0.25) is 0 Å². The molecule has 0 amide bonds. The molecule has 0 aromatic carbocycles. The van der Waals surface area contributed by atoms with Crippen LogP contribution in [0.3, 0.4) is 0 Å². The van der Waals surface area contributed by atoms with Crippen LogP contribution in [0.4, 0.5) is 0 Å². The molecule has 13 heavy (non-hydrogen) atoms. The van der Waals surface area contributed by atoms with Crippen LogP contribution in [0.15, 0.2) is 0 Å². The third-order valence-electron chi connectivity index (χ3n) is 1.39. The molecule has 0 aromatic heterocycles. The highest BCUT2D eigenvalue weighted by atomic mass is 28.4. The average Bonchev–Trinajstić information content (AvgIpc) is 2.05. The smallest absolute Gasteiger partial charge is 0.374 e. The molecule has 0 heterocycles. The Kier molecular flexibility index (Phi) is 6.81. The zero-order valence-corrected chi connectivity index (χ0v) is 9.50. The van der Waals surface area contributed by atoms with Gasteiger partial charge in [0, 0.05) is 19.8 Å². The zero-order valence-electron chi connectivity index (χ0n) is 8.50. The summed E-state index contributed by atoms with van der Waals surface area (Å²) in [5, 5.41) is 8.33. The fourth-order valence-electron chi connectivity index (χ4n) is 0.931. The highest BCUT2D eigenvalue weighted by Gasteiger charge is 2.33. The summed E-state index contributed by atoms with van der Waals surface area (Å²) in [4.78, 5) is 0. The molecule has 0 rings (SSSR count). The maximum absolute atomic E-state index is 8.33. The van der Waals surface area contributed by atoms with E-state index in [1.165, 1.54) is 0 Å². The predicted molar refractivity (Wildman–Crippen MR) is 51.1 cm³/mol. The Labute approximate surface area is 80.8 Å². The van der Waals surface area contributed by atoms with Gasteiger partial charge >= 0.3 is 8.80 Å². The minimum atomic E-state index is -2.44. The molecule has 4 nitrogen and oxygen atoms in total. The number of hydrogen-bond donors (Lipinski definition) is 0. The summed E-state index contributed by atoms with van der Waals surface area (Å²) in [5.41, 5.74) is 0. The first-order valence-electron chi connectivity index (χ1n) is 4.47. The van der Waals surface area contributed by atoms with Gasteiger partial charge in [0.15, 0.2) is 0 Å². The van der Waals surface area contributed by atoms with Crippen molar-refractivity contribution >= 4 is 8.80 Å². The van der Waals surface area contributed by atoms with E-state index >= 15 is 0 Å². The molecule has 5 heteroatoms. The van der Waals surface area contributed by atoms with Crippen LogP contribution in [0.1, 0.15) is 20.3 Å². The van der Waals surface area contributed by atoms with E-state index in [-0.39, 0.29) is 0 Å². The van der Waals surface area contributed by atoms with Crippen molar-refractivity contribution in [1.29, 1.82) is 5.26 Å². The van der Waals surface area contributed by atoms with Gasteiger partial charge < -0.3 is 13.3 Å². The lowest BCUT2D eigenvalue weighted by Gasteiger charge is -2.24. The van der Waals surface area contributed by atoms with E-state index < -0.39 is 8.80 Å². The van der Waals surface area contributed by atoms with Crippen LogP contribution >= 0.6 is 0 Å². The summed E-state index contributed by atoms with van der Waals surface area (Å²) < 4.78 is 16.2. The molecule has 0 spiro atoms.